The third-order valence-electron chi connectivity index (χ3n) is 3.45. The first-order valence-electron chi connectivity index (χ1n) is 7.74. The molecule has 2 rings (SSSR count). The van der Waals surface area contributed by atoms with E-state index in [-0.39, 0.29) is 6.54 Å². The van der Waals surface area contributed by atoms with Crippen LogP contribution in [0.1, 0.15) is 27.4 Å². The summed E-state index contributed by atoms with van der Waals surface area (Å²) >= 11 is 1.45. The van der Waals surface area contributed by atoms with Gasteiger partial charge in [-0.3, -0.25) is 9.59 Å². The maximum absolute atomic E-state index is 12.3. The summed E-state index contributed by atoms with van der Waals surface area (Å²) in [5.74, 6) is -0.573. The fourth-order valence-electron chi connectivity index (χ4n) is 2.06. The zero-order chi connectivity index (χ0) is 19.1. The Kier molecular flexibility index (Phi) is 6.79. The molecule has 0 radical (unpaired) electrons. The molecule has 2 aromatic rings. The summed E-state index contributed by atoms with van der Waals surface area (Å²) in [4.78, 5) is 35.1. The quantitative estimate of drug-likeness (QED) is 0.525. The molecule has 3 N–H and O–H groups in total. The van der Waals surface area contributed by atoms with Crippen LogP contribution in [0.25, 0.3) is 0 Å². The summed E-state index contributed by atoms with van der Waals surface area (Å²) in [5, 5.41) is 6.15. The van der Waals surface area contributed by atoms with Gasteiger partial charge in [0.1, 0.15) is 5.76 Å². The molecule has 26 heavy (non-hydrogen) atoms. The van der Waals surface area contributed by atoms with Gasteiger partial charge >= 0.3 is 5.97 Å². The molecule has 0 bridgehead atoms. The Morgan fingerprint density at radius 2 is 2.00 bits per heavy atom. The van der Waals surface area contributed by atoms with E-state index in [1.807, 2.05) is 19.9 Å². The van der Waals surface area contributed by atoms with Crippen molar-refractivity contribution >= 4 is 29.5 Å². The molecule has 0 atom stereocenters. The van der Waals surface area contributed by atoms with Gasteiger partial charge in [-0.25, -0.2) is 4.79 Å². The average molecular weight is 377 g/mol. The molecule has 0 saturated heterocycles. The van der Waals surface area contributed by atoms with E-state index in [2.05, 4.69) is 10.5 Å². The third kappa shape index (κ3) is 5.35. The van der Waals surface area contributed by atoms with Crippen molar-refractivity contribution in [2.45, 2.75) is 24.5 Å². The normalized spacial score (nSPS) is 10.4. The van der Waals surface area contributed by atoms with Gasteiger partial charge in [-0.1, -0.05) is 17.3 Å². The SMILES string of the molecule is Cc1noc(C)c1CSc1ccccc1C(=O)OCC(=O)NCC(N)=O. The fourth-order valence-corrected chi connectivity index (χ4v) is 3.26. The standard InChI is InChI=1S/C17H19N3O5S/c1-10-13(11(2)25-20-10)9-26-14-6-4-3-5-12(14)17(23)24-8-16(22)19-7-15(18)21/h3-6H,7-9H2,1-2H3,(H2,18,21)(H,19,22). The summed E-state index contributed by atoms with van der Waals surface area (Å²) < 4.78 is 10.1. The van der Waals surface area contributed by atoms with Gasteiger partial charge in [0.2, 0.25) is 5.91 Å². The van der Waals surface area contributed by atoms with E-state index < -0.39 is 24.4 Å². The molecule has 138 valence electrons. The van der Waals surface area contributed by atoms with Crippen LogP contribution in [0.5, 0.6) is 0 Å². The molecule has 1 aromatic heterocycles. The molecule has 0 aliphatic heterocycles. The first kappa shape index (κ1) is 19.5. The number of aromatic nitrogens is 1. The Balaban J connectivity index is 1.98. The summed E-state index contributed by atoms with van der Waals surface area (Å²) in [7, 11) is 0. The minimum Gasteiger partial charge on any atom is -0.452 e. The number of thioether (sulfide) groups is 1. The van der Waals surface area contributed by atoms with Crippen molar-refractivity contribution in [2.24, 2.45) is 5.73 Å². The summed E-state index contributed by atoms with van der Waals surface area (Å²) in [6.45, 7) is 2.90. The Bertz CT molecular complexity index is 799. The lowest BCUT2D eigenvalue weighted by molar-refractivity contribution is -0.127. The number of nitrogens with zero attached hydrogens (tertiary/aromatic N) is 1. The van der Waals surface area contributed by atoms with Crippen LogP contribution in [0.2, 0.25) is 0 Å². The maximum atomic E-state index is 12.3. The first-order valence-corrected chi connectivity index (χ1v) is 8.72. The minimum atomic E-state index is -0.675. The molecule has 0 saturated carbocycles. The lowest BCUT2D eigenvalue weighted by atomic mass is 10.2. The van der Waals surface area contributed by atoms with E-state index in [1.54, 1.807) is 18.2 Å². The number of hydrogen-bond acceptors (Lipinski definition) is 7. The second kappa shape index (κ2) is 9.04. The molecular formula is C17H19N3O5S. The van der Waals surface area contributed by atoms with Crippen LogP contribution in [0.4, 0.5) is 0 Å². The molecule has 0 aliphatic carbocycles. The van der Waals surface area contributed by atoms with Crippen LogP contribution >= 0.6 is 11.8 Å². The number of carbonyl (C=O) groups excluding carboxylic acids is 3. The van der Waals surface area contributed by atoms with Gasteiger partial charge < -0.3 is 20.3 Å². The minimum absolute atomic E-state index is 0.305. The van der Waals surface area contributed by atoms with Crippen molar-refractivity contribution in [3.63, 3.8) is 0 Å². The van der Waals surface area contributed by atoms with Crippen LogP contribution in [0.15, 0.2) is 33.7 Å². The van der Waals surface area contributed by atoms with Gasteiger partial charge in [0.15, 0.2) is 6.61 Å². The topological polar surface area (TPSA) is 125 Å². The Morgan fingerprint density at radius 3 is 2.65 bits per heavy atom. The molecule has 1 heterocycles. The molecular weight excluding hydrogens is 358 g/mol. The molecule has 1 aromatic carbocycles. The van der Waals surface area contributed by atoms with Crippen molar-refractivity contribution in [3.8, 4) is 0 Å². The van der Waals surface area contributed by atoms with E-state index in [0.717, 1.165) is 21.9 Å². The largest absolute Gasteiger partial charge is 0.452 e. The van der Waals surface area contributed by atoms with Crippen LogP contribution in [0, 0.1) is 13.8 Å². The van der Waals surface area contributed by atoms with E-state index in [9.17, 15) is 14.4 Å². The molecule has 9 heteroatoms. The Morgan fingerprint density at radius 1 is 1.27 bits per heavy atom. The van der Waals surface area contributed by atoms with Gasteiger partial charge in [-0.15, -0.1) is 11.8 Å². The second-order valence-corrected chi connectivity index (χ2v) is 6.42. The summed E-state index contributed by atoms with van der Waals surface area (Å²) in [6.07, 6.45) is 0. The van der Waals surface area contributed by atoms with Crippen LogP contribution < -0.4 is 11.1 Å². The number of primary amides is 1. The van der Waals surface area contributed by atoms with Crippen LogP contribution in [-0.4, -0.2) is 36.1 Å². The fraction of sp³-hybridized carbons (Fsp3) is 0.294. The lowest BCUT2D eigenvalue weighted by Crippen LogP contribution is -2.36. The van der Waals surface area contributed by atoms with Gasteiger partial charge in [-0.2, -0.15) is 0 Å². The monoisotopic (exact) mass is 377 g/mol. The zero-order valence-corrected chi connectivity index (χ0v) is 15.2. The molecule has 0 spiro atoms. The molecule has 2 amide bonds. The van der Waals surface area contributed by atoms with Gasteiger partial charge in [0, 0.05) is 16.2 Å². The number of amides is 2. The van der Waals surface area contributed by atoms with E-state index >= 15 is 0 Å². The molecule has 0 aliphatic rings. The third-order valence-corrected chi connectivity index (χ3v) is 4.55. The van der Waals surface area contributed by atoms with Crippen molar-refractivity contribution in [2.75, 3.05) is 13.2 Å². The van der Waals surface area contributed by atoms with Gasteiger partial charge in [0.25, 0.3) is 5.91 Å². The number of benzene rings is 1. The van der Waals surface area contributed by atoms with Crippen molar-refractivity contribution in [1.82, 2.24) is 10.5 Å². The second-order valence-electron chi connectivity index (χ2n) is 5.41. The average Bonchev–Trinajstić information content (AvgIpc) is 2.94. The number of nitrogens with two attached hydrogens (primary N) is 1. The molecule has 0 fully saturated rings. The summed E-state index contributed by atoms with van der Waals surface area (Å²) in [5.41, 5.74) is 7.06. The first-order chi connectivity index (χ1) is 12.4. The highest BCUT2D eigenvalue weighted by atomic mass is 32.2. The predicted molar refractivity (Wildman–Crippen MR) is 94.5 cm³/mol. The highest BCUT2D eigenvalue weighted by molar-refractivity contribution is 7.98. The van der Waals surface area contributed by atoms with Crippen molar-refractivity contribution < 1.29 is 23.6 Å². The Hall–Kier alpha value is -2.81. The number of hydrogen-bond donors (Lipinski definition) is 2. The number of rotatable bonds is 8. The highest BCUT2D eigenvalue weighted by Crippen LogP contribution is 2.29. The van der Waals surface area contributed by atoms with Crippen LogP contribution in [0.3, 0.4) is 0 Å². The van der Waals surface area contributed by atoms with Crippen molar-refractivity contribution in [1.29, 1.82) is 0 Å². The predicted octanol–water partition coefficient (Wildman–Crippen LogP) is 1.34. The van der Waals surface area contributed by atoms with Gasteiger partial charge in [0.05, 0.1) is 17.8 Å². The number of carbonyl (C=O) groups is 3. The van der Waals surface area contributed by atoms with Crippen molar-refractivity contribution in [3.05, 3.63) is 46.8 Å². The Labute approximate surface area is 154 Å². The smallest absolute Gasteiger partial charge is 0.339 e. The summed E-state index contributed by atoms with van der Waals surface area (Å²) in [6, 6.07) is 6.95. The number of nitrogens with one attached hydrogen (secondary N) is 1. The number of aryl methyl sites for hydroxylation is 2. The number of ether oxygens (including phenoxy) is 1. The van der Waals surface area contributed by atoms with E-state index in [4.69, 9.17) is 15.0 Å². The van der Waals surface area contributed by atoms with Gasteiger partial charge in [-0.05, 0) is 26.0 Å². The molecule has 8 nitrogen and oxygen atoms in total. The maximum Gasteiger partial charge on any atom is 0.339 e. The van der Waals surface area contributed by atoms with Crippen LogP contribution in [-0.2, 0) is 20.1 Å². The lowest BCUT2D eigenvalue weighted by Gasteiger charge is -2.09. The number of esters is 1. The highest BCUT2D eigenvalue weighted by Gasteiger charge is 2.16. The van der Waals surface area contributed by atoms with E-state index in [1.165, 1.54) is 11.8 Å². The van der Waals surface area contributed by atoms with E-state index in [0.29, 0.717) is 11.3 Å². The molecule has 0 unspecified atom stereocenters. The zero-order valence-electron chi connectivity index (χ0n) is 14.4.